The van der Waals surface area contributed by atoms with Crippen LogP contribution >= 0.6 is 0 Å². The van der Waals surface area contributed by atoms with Crippen LogP contribution in [0.15, 0.2) is 54.6 Å². The van der Waals surface area contributed by atoms with Crippen molar-refractivity contribution in [2.75, 3.05) is 28.6 Å². The number of carbonyl (C=O) groups is 1. The maximum Gasteiger partial charge on any atom is 0.323 e. The van der Waals surface area contributed by atoms with Gasteiger partial charge in [-0.25, -0.2) is 4.79 Å². The molecule has 0 aliphatic carbocycles. The highest BCUT2D eigenvalue weighted by Gasteiger charge is 2.17. The second-order valence-corrected chi connectivity index (χ2v) is 8.42. The van der Waals surface area contributed by atoms with Gasteiger partial charge in [0.1, 0.15) is 0 Å². The van der Waals surface area contributed by atoms with Crippen molar-refractivity contribution in [1.82, 2.24) is 10.2 Å². The molecule has 0 atom stereocenters. The number of amides is 2. The number of benzene rings is 2. The average Bonchev–Trinajstić information content (AvgIpc) is 2.77. The summed E-state index contributed by atoms with van der Waals surface area (Å²) in [4.78, 5) is 14.8. The van der Waals surface area contributed by atoms with Gasteiger partial charge in [-0.05, 0) is 68.5 Å². The van der Waals surface area contributed by atoms with E-state index in [1.807, 2.05) is 68.4 Å². The van der Waals surface area contributed by atoms with Crippen LogP contribution in [-0.4, -0.2) is 29.3 Å². The topological polar surface area (TPSA) is 70.2 Å². The Morgan fingerprint density at radius 1 is 0.968 bits per heavy atom. The zero-order valence-electron chi connectivity index (χ0n) is 18.4. The lowest BCUT2D eigenvalue weighted by atomic mass is 9.99. The van der Waals surface area contributed by atoms with Crippen molar-refractivity contribution < 1.29 is 4.79 Å². The van der Waals surface area contributed by atoms with Crippen molar-refractivity contribution >= 4 is 23.2 Å². The van der Waals surface area contributed by atoms with Gasteiger partial charge < -0.3 is 15.5 Å². The standard InChI is InChI=1S/C25H29N5O/c1-17-11-13-30(14-12-17)24-10-9-23(28-29-24)20-5-4-6-21(16-20)26-25(31)27-22-8-7-18(2)15-19(22)3/h4-10,15-17H,11-14H2,1-3H3,(H2,26,27,31). The van der Waals surface area contributed by atoms with Crippen LogP contribution in [0.25, 0.3) is 11.3 Å². The summed E-state index contributed by atoms with van der Waals surface area (Å²) >= 11 is 0. The lowest BCUT2D eigenvalue weighted by molar-refractivity contribution is 0.262. The summed E-state index contributed by atoms with van der Waals surface area (Å²) in [6.45, 7) is 8.38. The Morgan fingerprint density at radius 3 is 2.48 bits per heavy atom. The first-order chi connectivity index (χ1) is 15.0. The highest BCUT2D eigenvalue weighted by atomic mass is 16.2. The molecule has 31 heavy (non-hydrogen) atoms. The molecule has 2 N–H and O–H groups in total. The van der Waals surface area contributed by atoms with Gasteiger partial charge in [-0.3, -0.25) is 0 Å². The van der Waals surface area contributed by atoms with E-state index in [0.717, 1.165) is 52.9 Å². The molecule has 2 amide bonds. The normalized spacial score (nSPS) is 14.4. The number of aryl methyl sites for hydroxylation is 2. The number of carbonyl (C=O) groups excluding carboxylic acids is 1. The predicted molar refractivity (Wildman–Crippen MR) is 127 cm³/mol. The van der Waals surface area contributed by atoms with Crippen LogP contribution in [0.3, 0.4) is 0 Å². The molecule has 6 heteroatoms. The van der Waals surface area contributed by atoms with Gasteiger partial charge >= 0.3 is 6.03 Å². The Morgan fingerprint density at radius 2 is 1.77 bits per heavy atom. The second kappa shape index (κ2) is 9.16. The minimum atomic E-state index is -0.273. The second-order valence-electron chi connectivity index (χ2n) is 8.42. The van der Waals surface area contributed by atoms with Gasteiger partial charge in [0.15, 0.2) is 5.82 Å². The zero-order valence-corrected chi connectivity index (χ0v) is 18.4. The Balaban J connectivity index is 1.42. The van der Waals surface area contributed by atoms with Crippen LogP contribution in [-0.2, 0) is 0 Å². The lowest BCUT2D eigenvalue weighted by Crippen LogP contribution is -2.33. The number of rotatable bonds is 4. The Labute approximate surface area is 183 Å². The van der Waals surface area contributed by atoms with Gasteiger partial charge in [0.25, 0.3) is 0 Å². The molecule has 0 radical (unpaired) electrons. The van der Waals surface area contributed by atoms with E-state index in [1.54, 1.807) is 0 Å². The molecule has 0 saturated carbocycles. The fourth-order valence-corrected chi connectivity index (χ4v) is 3.88. The number of urea groups is 1. The number of aromatic nitrogens is 2. The molecule has 1 aliphatic rings. The van der Waals surface area contributed by atoms with Gasteiger partial charge in [-0.1, -0.05) is 36.8 Å². The molecule has 2 heterocycles. The minimum Gasteiger partial charge on any atom is -0.355 e. The number of nitrogens with one attached hydrogen (secondary N) is 2. The molecule has 160 valence electrons. The molecule has 3 aromatic rings. The smallest absolute Gasteiger partial charge is 0.323 e. The summed E-state index contributed by atoms with van der Waals surface area (Å²) in [5.74, 6) is 1.71. The van der Waals surface area contributed by atoms with Gasteiger partial charge in [-0.15, -0.1) is 10.2 Å². The first-order valence-electron chi connectivity index (χ1n) is 10.8. The van der Waals surface area contributed by atoms with E-state index < -0.39 is 0 Å². The first kappa shape index (κ1) is 20.8. The molecule has 1 aromatic heterocycles. The van der Waals surface area contributed by atoms with Crippen molar-refractivity contribution in [3.63, 3.8) is 0 Å². The predicted octanol–water partition coefficient (Wildman–Crippen LogP) is 5.64. The van der Waals surface area contributed by atoms with Crippen molar-refractivity contribution in [3.05, 3.63) is 65.7 Å². The molecule has 0 spiro atoms. The average molecular weight is 416 g/mol. The number of nitrogens with zero attached hydrogens (tertiary/aromatic N) is 3. The summed E-state index contributed by atoms with van der Waals surface area (Å²) in [5, 5.41) is 14.7. The van der Waals surface area contributed by atoms with E-state index >= 15 is 0 Å². The fraction of sp³-hybridized carbons (Fsp3) is 0.320. The molecule has 0 bridgehead atoms. The number of piperidine rings is 1. The maximum atomic E-state index is 12.5. The highest BCUT2D eigenvalue weighted by Crippen LogP contribution is 2.25. The van der Waals surface area contributed by atoms with Gasteiger partial charge in [0.05, 0.1) is 5.69 Å². The molecule has 4 rings (SSSR count). The Hall–Kier alpha value is -3.41. The molecular weight excluding hydrogens is 386 g/mol. The van der Waals surface area contributed by atoms with Crippen LogP contribution < -0.4 is 15.5 Å². The molecule has 1 aliphatic heterocycles. The van der Waals surface area contributed by atoms with E-state index in [0.29, 0.717) is 5.69 Å². The molecule has 6 nitrogen and oxygen atoms in total. The van der Waals surface area contributed by atoms with E-state index in [2.05, 4.69) is 32.7 Å². The van der Waals surface area contributed by atoms with Gasteiger partial charge in [-0.2, -0.15) is 0 Å². The van der Waals surface area contributed by atoms with Gasteiger partial charge in [0, 0.05) is 30.0 Å². The zero-order chi connectivity index (χ0) is 21.8. The van der Waals surface area contributed by atoms with Crippen molar-refractivity contribution in [2.24, 2.45) is 5.92 Å². The van der Waals surface area contributed by atoms with Crippen LogP contribution in [0.5, 0.6) is 0 Å². The maximum absolute atomic E-state index is 12.5. The molecule has 2 aromatic carbocycles. The summed E-state index contributed by atoms with van der Waals surface area (Å²) in [6.07, 6.45) is 2.39. The van der Waals surface area contributed by atoms with Crippen LogP contribution in [0.2, 0.25) is 0 Å². The summed E-state index contributed by atoms with van der Waals surface area (Å²) in [7, 11) is 0. The summed E-state index contributed by atoms with van der Waals surface area (Å²) < 4.78 is 0. The van der Waals surface area contributed by atoms with E-state index in [1.165, 1.54) is 12.8 Å². The summed E-state index contributed by atoms with van der Waals surface area (Å²) in [6, 6.07) is 17.4. The van der Waals surface area contributed by atoms with Crippen LogP contribution in [0.4, 0.5) is 22.0 Å². The monoisotopic (exact) mass is 415 g/mol. The molecule has 1 saturated heterocycles. The summed E-state index contributed by atoms with van der Waals surface area (Å²) in [5.41, 5.74) is 5.40. The van der Waals surface area contributed by atoms with Crippen LogP contribution in [0.1, 0.15) is 30.9 Å². The van der Waals surface area contributed by atoms with Crippen molar-refractivity contribution in [2.45, 2.75) is 33.6 Å². The van der Waals surface area contributed by atoms with Crippen molar-refractivity contribution in [1.29, 1.82) is 0 Å². The Bertz CT molecular complexity index is 1060. The van der Waals surface area contributed by atoms with Crippen LogP contribution in [0, 0.1) is 19.8 Å². The Kier molecular flexibility index (Phi) is 6.16. The SMILES string of the molecule is Cc1ccc(NC(=O)Nc2cccc(-c3ccc(N4CCC(C)CC4)nn3)c2)c(C)c1. The third-order valence-corrected chi connectivity index (χ3v) is 5.80. The van der Waals surface area contributed by atoms with Crippen molar-refractivity contribution in [3.8, 4) is 11.3 Å². The first-order valence-corrected chi connectivity index (χ1v) is 10.8. The number of hydrogen-bond donors (Lipinski definition) is 2. The fourth-order valence-electron chi connectivity index (χ4n) is 3.88. The molecule has 1 fully saturated rings. The quantitative estimate of drug-likeness (QED) is 0.578. The van der Waals surface area contributed by atoms with E-state index in [4.69, 9.17) is 0 Å². The third-order valence-electron chi connectivity index (χ3n) is 5.80. The minimum absolute atomic E-state index is 0.273. The number of hydrogen-bond acceptors (Lipinski definition) is 4. The number of anilines is 3. The largest absolute Gasteiger partial charge is 0.355 e. The third kappa shape index (κ3) is 5.20. The highest BCUT2D eigenvalue weighted by molar-refractivity contribution is 6.00. The van der Waals surface area contributed by atoms with Gasteiger partial charge in [0.2, 0.25) is 0 Å². The van der Waals surface area contributed by atoms with E-state index in [9.17, 15) is 4.79 Å². The molecule has 0 unspecified atom stereocenters. The molecular formula is C25H29N5O. The van der Waals surface area contributed by atoms with E-state index in [-0.39, 0.29) is 6.03 Å². The lowest BCUT2D eigenvalue weighted by Gasteiger charge is -2.30.